The van der Waals surface area contributed by atoms with E-state index in [1.54, 1.807) is 12.1 Å². The average Bonchev–Trinajstić information content (AvgIpc) is 2.43. The fraction of sp³-hybridized carbons (Fsp3) is 0.0714. The van der Waals surface area contributed by atoms with Crippen LogP contribution < -0.4 is 15.8 Å². The summed E-state index contributed by atoms with van der Waals surface area (Å²) in [5, 5.41) is 2.54. The van der Waals surface area contributed by atoms with E-state index in [0.717, 1.165) is 12.1 Å². The number of carbonyl (C=O) groups is 1. The lowest BCUT2D eigenvalue weighted by atomic mass is 10.2. The van der Waals surface area contributed by atoms with Gasteiger partial charge in [-0.15, -0.1) is 0 Å². The zero-order valence-electron chi connectivity index (χ0n) is 10.6. The van der Waals surface area contributed by atoms with Crippen LogP contribution in [0.2, 0.25) is 0 Å². The summed E-state index contributed by atoms with van der Waals surface area (Å²) in [5.41, 5.74) is 6.53. The van der Waals surface area contributed by atoms with Gasteiger partial charge in [-0.2, -0.15) is 0 Å². The molecule has 20 heavy (non-hydrogen) atoms. The van der Waals surface area contributed by atoms with Crippen molar-refractivity contribution in [3.63, 3.8) is 0 Å². The summed E-state index contributed by atoms with van der Waals surface area (Å²) in [5.74, 6) is -2.23. The van der Waals surface area contributed by atoms with Crippen molar-refractivity contribution >= 4 is 17.3 Å². The number of nitrogen functional groups attached to an aromatic ring is 1. The fourth-order valence-corrected chi connectivity index (χ4v) is 1.63. The van der Waals surface area contributed by atoms with Gasteiger partial charge in [-0.25, -0.2) is 8.78 Å². The van der Waals surface area contributed by atoms with Crippen molar-refractivity contribution in [3.8, 4) is 5.75 Å². The Morgan fingerprint density at radius 3 is 2.55 bits per heavy atom. The van der Waals surface area contributed by atoms with Crippen molar-refractivity contribution in [2.45, 2.75) is 0 Å². The number of halogens is 2. The topological polar surface area (TPSA) is 64.3 Å². The zero-order valence-corrected chi connectivity index (χ0v) is 10.6. The lowest BCUT2D eigenvalue weighted by Crippen LogP contribution is -2.12. The Morgan fingerprint density at radius 1 is 1.15 bits per heavy atom. The van der Waals surface area contributed by atoms with Crippen LogP contribution >= 0.6 is 0 Å². The van der Waals surface area contributed by atoms with Crippen molar-refractivity contribution in [1.29, 1.82) is 0 Å². The normalized spacial score (nSPS) is 10.2. The second-order valence-corrected chi connectivity index (χ2v) is 4.04. The third kappa shape index (κ3) is 2.85. The lowest BCUT2D eigenvalue weighted by Gasteiger charge is -2.09. The van der Waals surface area contributed by atoms with Crippen LogP contribution in [0.4, 0.5) is 20.2 Å². The number of hydrogen-bond donors (Lipinski definition) is 2. The molecule has 3 N–H and O–H groups in total. The second-order valence-electron chi connectivity index (χ2n) is 4.04. The number of carbonyl (C=O) groups excluding carboxylic acids is 1. The van der Waals surface area contributed by atoms with Crippen molar-refractivity contribution in [2.75, 3.05) is 18.2 Å². The van der Waals surface area contributed by atoms with Crippen LogP contribution in [0, 0.1) is 11.6 Å². The smallest absolute Gasteiger partial charge is 0.255 e. The second kappa shape index (κ2) is 5.56. The molecule has 0 fully saturated rings. The lowest BCUT2D eigenvalue weighted by molar-refractivity contribution is 0.102. The molecule has 0 saturated heterocycles. The Kier molecular flexibility index (Phi) is 3.84. The zero-order chi connectivity index (χ0) is 14.7. The highest BCUT2D eigenvalue weighted by Gasteiger charge is 2.11. The molecule has 0 aliphatic heterocycles. The molecule has 2 aromatic rings. The molecule has 2 rings (SSSR count). The van der Waals surface area contributed by atoms with E-state index in [2.05, 4.69) is 5.32 Å². The van der Waals surface area contributed by atoms with E-state index in [0.29, 0.717) is 17.1 Å². The molecule has 0 aromatic heterocycles. The Bertz CT molecular complexity index is 660. The van der Waals surface area contributed by atoms with Crippen molar-refractivity contribution < 1.29 is 18.3 Å². The highest BCUT2D eigenvalue weighted by atomic mass is 19.2. The van der Waals surface area contributed by atoms with Crippen LogP contribution in [0.5, 0.6) is 5.75 Å². The minimum absolute atomic E-state index is 0.0136. The molecule has 0 spiro atoms. The number of benzene rings is 2. The van der Waals surface area contributed by atoms with Gasteiger partial charge >= 0.3 is 0 Å². The van der Waals surface area contributed by atoms with Gasteiger partial charge in [-0.1, -0.05) is 0 Å². The van der Waals surface area contributed by atoms with E-state index in [-0.39, 0.29) is 5.56 Å². The number of amides is 1. The molecule has 0 heterocycles. The monoisotopic (exact) mass is 278 g/mol. The van der Waals surface area contributed by atoms with Gasteiger partial charge in [-0.05, 0) is 30.3 Å². The van der Waals surface area contributed by atoms with Crippen LogP contribution in [0.25, 0.3) is 0 Å². The van der Waals surface area contributed by atoms with Gasteiger partial charge in [0, 0.05) is 17.3 Å². The molecule has 0 bridgehead atoms. The molecule has 4 nitrogen and oxygen atoms in total. The first-order chi connectivity index (χ1) is 9.51. The van der Waals surface area contributed by atoms with E-state index < -0.39 is 17.5 Å². The molecular formula is C14H12F2N2O2. The Balaban J connectivity index is 2.21. The van der Waals surface area contributed by atoms with E-state index in [1.807, 2.05) is 0 Å². The number of rotatable bonds is 3. The van der Waals surface area contributed by atoms with E-state index in [1.165, 1.54) is 19.2 Å². The minimum atomic E-state index is -1.08. The van der Waals surface area contributed by atoms with E-state index in [9.17, 15) is 13.6 Å². The number of hydrogen-bond acceptors (Lipinski definition) is 3. The van der Waals surface area contributed by atoms with Crippen molar-refractivity contribution in [2.24, 2.45) is 0 Å². The predicted molar refractivity (Wildman–Crippen MR) is 71.7 cm³/mol. The molecular weight excluding hydrogens is 266 g/mol. The first-order valence-electron chi connectivity index (χ1n) is 5.71. The van der Waals surface area contributed by atoms with E-state index in [4.69, 9.17) is 10.5 Å². The van der Waals surface area contributed by atoms with Crippen LogP contribution in [0.1, 0.15) is 10.4 Å². The molecule has 1 amide bonds. The van der Waals surface area contributed by atoms with Crippen LogP contribution in [-0.2, 0) is 0 Å². The quantitative estimate of drug-likeness (QED) is 0.848. The maximum absolute atomic E-state index is 13.1. The Morgan fingerprint density at radius 2 is 1.90 bits per heavy atom. The van der Waals surface area contributed by atoms with Crippen LogP contribution in [-0.4, -0.2) is 13.0 Å². The highest BCUT2D eigenvalue weighted by Crippen LogP contribution is 2.25. The van der Waals surface area contributed by atoms with Gasteiger partial charge in [0.1, 0.15) is 5.75 Å². The molecule has 0 unspecified atom stereocenters. The molecule has 0 atom stereocenters. The molecule has 0 aliphatic carbocycles. The molecule has 0 saturated carbocycles. The van der Waals surface area contributed by atoms with E-state index >= 15 is 0 Å². The molecule has 6 heteroatoms. The van der Waals surface area contributed by atoms with Crippen LogP contribution in [0.3, 0.4) is 0 Å². The summed E-state index contributed by atoms with van der Waals surface area (Å²) in [4.78, 5) is 11.9. The maximum Gasteiger partial charge on any atom is 0.255 e. The van der Waals surface area contributed by atoms with Gasteiger partial charge in [0.2, 0.25) is 0 Å². The minimum Gasteiger partial charge on any atom is -0.495 e. The standard InChI is InChI=1S/C14H12F2N2O2/c1-20-13-7-9(3-5-12(13)17)18-14(19)8-2-4-10(15)11(16)6-8/h2-7H,17H2,1H3,(H,18,19). The number of ether oxygens (including phenoxy) is 1. The maximum atomic E-state index is 13.1. The molecule has 0 radical (unpaired) electrons. The number of anilines is 2. The van der Waals surface area contributed by atoms with Gasteiger partial charge in [-0.3, -0.25) is 4.79 Å². The fourth-order valence-electron chi connectivity index (χ4n) is 1.63. The molecule has 2 aromatic carbocycles. The number of nitrogens with two attached hydrogens (primary N) is 1. The van der Waals surface area contributed by atoms with Gasteiger partial charge in [0.25, 0.3) is 5.91 Å². The summed E-state index contributed by atoms with van der Waals surface area (Å²) >= 11 is 0. The van der Waals surface area contributed by atoms with Crippen LogP contribution in [0.15, 0.2) is 36.4 Å². The third-order valence-corrected chi connectivity index (χ3v) is 2.67. The van der Waals surface area contributed by atoms with Gasteiger partial charge in [0.15, 0.2) is 11.6 Å². The predicted octanol–water partition coefficient (Wildman–Crippen LogP) is 2.81. The third-order valence-electron chi connectivity index (χ3n) is 2.67. The summed E-state index contributed by atoms with van der Waals surface area (Å²) in [6, 6.07) is 7.61. The Hall–Kier alpha value is -2.63. The summed E-state index contributed by atoms with van der Waals surface area (Å²) < 4.78 is 30.9. The molecule has 0 aliphatic rings. The van der Waals surface area contributed by atoms with Crippen molar-refractivity contribution in [1.82, 2.24) is 0 Å². The summed E-state index contributed by atoms with van der Waals surface area (Å²) in [6.45, 7) is 0. The Labute approximate surface area is 114 Å². The number of nitrogens with one attached hydrogen (secondary N) is 1. The molecule has 104 valence electrons. The summed E-state index contributed by atoms with van der Waals surface area (Å²) in [7, 11) is 1.45. The highest BCUT2D eigenvalue weighted by molar-refractivity contribution is 6.04. The van der Waals surface area contributed by atoms with Crippen molar-refractivity contribution in [3.05, 3.63) is 53.6 Å². The SMILES string of the molecule is COc1cc(NC(=O)c2ccc(F)c(F)c2)ccc1N. The van der Waals surface area contributed by atoms with Gasteiger partial charge < -0.3 is 15.8 Å². The first kappa shape index (κ1) is 13.8. The first-order valence-corrected chi connectivity index (χ1v) is 5.71. The number of methoxy groups -OCH3 is 1. The average molecular weight is 278 g/mol. The summed E-state index contributed by atoms with van der Waals surface area (Å²) in [6.07, 6.45) is 0. The van der Waals surface area contributed by atoms with Gasteiger partial charge in [0.05, 0.1) is 12.8 Å². The largest absolute Gasteiger partial charge is 0.495 e.